The summed E-state index contributed by atoms with van der Waals surface area (Å²) in [5.41, 5.74) is 5.06. The minimum Gasteiger partial charge on any atom is -0.0654 e. The van der Waals surface area contributed by atoms with Crippen molar-refractivity contribution in [3.63, 3.8) is 0 Å². The van der Waals surface area contributed by atoms with Gasteiger partial charge in [0.1, 0.15) is 0 Å². The molecule has 0 heteroatoms. The van der Waals surface area contributed by atoms with E-state index in [9.17, 15) is 0 Å². The monoisotopic (exact) mass is 410 g/mol. The molecule has 0 aromatic heterocycles. The van der Waals surface area contributed by atoms with Crippen molar-refractivity contribution in [3.8, 4) is 11.8 Å². The quantitative estimate of drug-likeness (QED) is 0.219. The van der Waals surface area contributed by atoms with Crippen molar-refractivity contribution in [3.05, 3.63) is 82.9 Å². The van der Waals surface area contributed by atoms with Crippen LogP contribution in [0.25, 0.3) is 10.8 Å². The molecule has 0 spiro atoms. The summed E-state index contributed by atoms with van der Waals surface area (Å²) < 4.78 is 0. The molecule has 0 aliphatic heterocycles. The minimum atomic E-state index is 1.09. The van der Waals surface area contributed by atoms with E-state index >= 15 is 0 Å². The van der Waals surface area contributed by atoms with Gasteiger partial charge in [0.05, 0.1) is 0 Å². The normalized spacial score (nSPS) is 10.8. The van der Waals surface area contributed by atoms with Crippen molar-refractivity contribution in [2.75, 3.05) is 0 Å². The Morgan fingerprint density at radius 2 is 1.00 bits per heavy atom. The van der Waals surface area contributed by atoms with Gasteiger partial charge in [0.15, 0.2) is 0 Å². The highest BCUT2D eigenvalue weighted by Gasteiger charge is 1.99. The summed E-state index contributed by atoms with van der Waals surface area (Å²) in [5, 5.41) is 2.60. The zero-order valence-electron chi connectivity index (χ0n) is 19.6. The maximum atomic E-state index is 3.35. The Labute approximate surface area is 190 Å². The first-order valence-electron chi connectivity index (χ1n) is 12.4. The van der Waals surface area contributed by atoms with Crippen LogP contribution in [0.2, 0.25) is 0 Å². The topological polar surface area (TPSA) is 0 Å². The molecule has 0 atom stereocenters. The average Bonchev–Trinajstić information content (AvgIpc) is 2.81. The molecule has 3 rings (SSSR count). The number of hydrogen-bond acceptors (Lipinski definition) is 0. The standard InChI is InChI=1S/C31H38/c1-3-5-7-8-9-11-12-26-14-16-27(17-15-26)18-19-29-21-23-30-24-28(13-10-6-4-2)20-22-31(30)25-29/h14-17,20-25H,3-13H2,1-2H3. The highest BCUT2D eigenvalue weighted by atomic mass is 14.0. The van der Waals surface area contributed by atoms with Crippen LogP contribution in [-0.2, 0) is 12.8 Å². The van der Waals surface area contributed by atoms with Crippen molar-refractivity contribution in [2.24, 2.45) is 0 Å². The molecular formula is C31H38. The number of fused-ring (bicyclic) bond motifs is 1. The van der Waals surface area contributed by atoms with E-state index in [4.69, 9.17) is 0 Å². The maximum absolute atomic E-state index is 3.35. The summed E-state index contributed by atoms with van der Waals surface area (Å²) in [6.45, 7) is 4.53. The zero-order chi connectivity index (χ0) is 21.7. The molecule has 0 unspecified atom stereocenters. The summed E-state index contributed by atoms with van der Waals surface area (Å²) in [5.74, 6) is 6.69. The number of unbranched alkanes of at least 4 members (excludes halogenated alkanes) is 7. The van der Waals surface area contributed by atoms with Gasteiger partial charge < -0.3 is 0 Å². The van der Waals surface area contributed by atoms with Crippen LogP contribution in [0.5, 0.6) is 0 Å². The lowest BCUT2D eigenvalue weighted by Crippen LogP contribution is -1.87. The molecule has 0 radical (unpaired) electrons. The Balaban J connectivity index is 1.55. The average molecular weight is 411 g/mol. The van der Waals surface area contributed by atoms with Gasteiger partial charge in [-0.15, -0.1) is 0 Å². The molecule has 0 bridgehead atoms. The first-order chi connectivity index (χ1) is 15.3. The first kappa shape index (κ1) is 23.1. The van der Waals surface area contributed by atoms with Crippen molar-refractivity contribution >= 4 is 10.8 Å². The molecule has 0 amide bonds. The van der Waals surface area contributed by atoms with E-state index in [1.54, 1.807) is 0 Å². The minimum absolute atomic E-state index is 1.09. The smallest absolute Gasteiger partial charge is 0.0255 e. The van der Waals surface area contributed by atoms with Gasteiger partial charge in [-0.05, 0) is 71.8 Å². The Kier molecular flexibility index (Phi) is 9.72. The van der Waals surface area contributed by atoms with Gasteiger partial charge in [-0.3, -0.25) is 0 Å². The Morgan fingerprint density at radius 1 is 0.484 bits per heavy atom. The molecule has 0 heterocycles. The fourth-order valence-corrected chi connectivity index (χ4v) is 4.12. The summed E-state index contributed by atoms with van der Waals surface area (Å²) >= 11 is 0. The molecule has 0 aliphatic carbocycles. The first-order valence-corrected chi connectivity index (χ1v) is 12.4. The van der Waals surface area contributed by atoms with Crippen LogP contribution in [0.15, 0.2) is 60.7 Å². The molecule has 3 aromatic carbocycles. The molecule has 0 N–H and O–H groups in total. The van der Waals surface area contributed by atoms with Crippen LogP contribution in [0.1, 0.15) is 93.9 Å². The van der Waals surface area contributed by atoms with Gasteiger partial charge in [0.25, 0.3) is 0 Å². The summed E-state index contributed by atoms with van der Waals surface area (Å²) in [6.07, 6.45) is 14.4. The Hall–Kier alpha value is -2.52. The molecule has 3 aromatic rings. The van der Waals surface area contributed by atoms with E-state index in [1.807, 2.05) is 0 Å². The Bertz CT molecular complexity index is 982. The van der Waals surface area contributed by atoms with E-state index in [0.29, 0.717) is 0 Å². The van der Waals surface area contributed by atoms with Crippen LogP contribution in [0.3, 0.4) is 0 Å². The van der Waals surface area contributed by atoms with Gasteiger partial charge in [-0.1, -0.05) is 107 Å². The van der Waals surface area contributed by atoms with Crippen LogP contribution < -0.4 is 0 Å². The molecule has 0 saturated carbocycles. The highest BCUT2D eigenvalue weighted by Crippen LogP contribution is 2.19. The van der Waals surface area contributed by atoms with Crippen LogP contribution >= 0.6 is 0 Å². The molecule has 0 saturated heterocycles. The third-order valence-corrected chi connectivity index (χ3v) is 6.10. The second kappa shape index (κ2) is 13.0. The van der Waals surface area contributed by atoms with Gasteiger partial charge in [0.2, 0.25) is 0 Å². The van der Waals surface area contributed by atoms with E-state index < -0.39 is 0 Å². The second-order valence-corrected chi connectivity index (χ2v) is 8.82. The second-order valence-electron chi connectivity index (χ2n) is 8.82. The van der Waals surface area contributed by atoms with Crippen molar-refractivity contribution in [2.45, 2.75) is 84.5 Å². The SMILES string of the molecule is CCCCCCCCc1ccc(C#Cc2ccc3cc(CCCCC)ccc3c2)cc1. The summed E-state index contributed by atoms with van der Waals surface area (Å²) in [7, 11) is 0. The lowest BCUT2D eigenvalue weighted by Gasteiger charge is -2.04. The van der Waals surface area contributed by atoms with E-state index in [-0.39, 0.29) is 0 Å². The summed E-state index contributed by atoms with van der Waals surface area (Å²) in [4.78, 5) is 0. The molecule has 0 nitrogen and oxygen atoms in total. The number of benzene rings is 3. The van der Waals surface area contributed by atoms with E-state index in [0.717, 1.165) is 11.1 Å². The number of hydrogen-bond donors (Lipinski definition) is 0. The Morgan fingerprint density at radius 3 is 1.81 bits per heavy atom. The fraction of sp³-hybridized carbons (Fsp3) is 0.419. The predicted molar refractivity (Wildman–Crippen MR) is 137 cm³/mol. The largest absolute Gasteiger partial charge is 0.0654 e. The van der Waals surface area contributed by atoms with Crippen LogP contribution in [0, 0.1) is 11.8 Å². The van der Waals surface area contributed by atoms with Crippen molar-refractivity contribution in [1.29, 1.82) is 0 Å². The van der Waals surface area contributed by atoms with Gasteiger partial charge >= 0.3 is 0 Å². The number of aryl methyl sites for hydroxylation is 2. The van der Waals surface area contributed by atoms with Crippen LogP contribution in [0.4, 0.5) is 0 Å². The molecule has 31 heavy (non-hydrogen) atoms. The fourth-order valence-electron chi connectivity index (χ4n) is 4.12. The lowest BCUT2D eigenvalue weighted by molar-refractivity contribution is 0.607. The predicted octanol–water partition coefficient (Wildman–Crippen LogP) is 8.88. The van der Waals surface area contributed by atoms with Crippen molar-refractivity contribution < 1.29 is 0 Å². The lowest BCUT2D eigenvalue weighted by atomic mass is 10.0. The van der Waals surface area contributed by atoms with Gasteiger partial charge in [-0.2, -0.15) is 0 Å². The van der Waals surface area contributed by atoms with Gasteiger partial charge in [0, 0.05) is 11.1 Å². The van der Waals surface area contributed by atoms with Gasteiger partial charge in [-0.25, -0.2) is 0 Å². The molecule has 0 fully saturated rings. The van der Waals surface area contributed by atoms with Crippen molar-refractivity contribution in [1.82, 2.24) is 0 Å². The highest BCUT2D eigenvalue weighted by molar-refractivity contribution is 5.84. The molecule has 0 aliphatic rings. The molecule has 162 valence electrons. The van der Waals surface area contributed by atoms with Crippen LogP contribution in [-0.4, -0.2) is 0 Å². The third-order valence-electron chi connectivity index (χ3n) is 6.10. The number of rotatable bonds is 11. The van der Waals surface area contributed by atoms with E-state index in [1.165, 1.54) is 92.5 Å². The summed E-state index contributed by atoms with van der Waals surface area (Å²) in [6, 6.07) is 22.3. The maximum Gasteiger partial charge on any atom is 0.0255 e. The third kappa shape index (κ3) is 7.91. The molecular weight excluding hydrogens is 372 g/mol. The van der Waals surface area contributed by atoms with E-state index in [2.05, 4.69) is 86.4 Å². The zero-order valence-corrected chi connectivity index (χ0v) is 19.6.